The molecule has 2 aromatic carbocycles. The summed E-state index contributed by atoms with van der Waals surface area (Å²) in [4.78, 5) is 22.6. The first-order chi connectivity index (χ1) is 14.7. The van der Waals surface area contributed by atoms with E-state index in [4.69, 9.17) is 14.6 Å². The highest BCUT2D eigenvalue weighted by molar-refractivity contribution is 7.92. The van der Waals surface area contributed by atoms with Gasteiger partial charge in [0.1, 0.15) is 10.6 Å². The van der Waals surface area contributed by atoms with E-state index in [9.17, 15) is 18.0 Å². The van der Waals surface area contributed by atoms with Crippen LogP contribution >= 0.6 is 0 Å². The Bertz CT molecular complexity index is 1220. The molecule has 1 heterocycles. The van der Waals surface area contributed by atoms with Crippen LogP contribution in [0.2, 0.25) is 0 Å². The Morgan fingerprint density at radius 2 is 1.84 bits per heavy atom. The fourth-order valence-corrected chi connectivity index (χ4v) is 3.95. The summed E-state index contributed by atoms with van der Waals surface area (Å²) in [5.74, 6) is -1.79. The molecule has 0 aliphatic heterocycles. The number of ether oxygens (including phenoxy) is 2. The number of esters is 1. The van der Waals surface area contributed by atoms with Crippen LogP contribution in [-0.4, -0.2) is 49.0 Å². The third-order valence-electron chi connectivity index (χ3n) is 4.16. The van der Waals surface area contributed by atoms with Gasteiger partial charge in [-0.3, -0.25) is 4.72 Å². The second kappa shape index (κ2) is 8.88. The number of methoxy groups -OCH3 is 1. The molecule has 1 aromatic heterocycles. The van der Waals surface area contributed by atoms with Gasteiger partial charge in [0.25, 0.3) is 10.0 Å². The predicted octanol–water partition coefficient (Wildman–Crippen LogP) is 2.56. The lowest BCUT2D eigenvalue weighted by Crippen LogP contribution is -2.15. The van der Waals surface area contributed by atoms with E-state index in [1.807, 2.05) is 0 Å². The van der Waals surface area contributed by atoms with Gasteiger partial charge in [-0.1, -0.05) is 0 Å². The summed E-state index contributed by atoms with van der Waals surface area (Å²) >= 11 is 0. The first kappa shape index (κ1) is 21.8. The average Bonchev–Trinajstić information content (AvgIpc) is 3.24. The lowest BCUT2D eigenvalue weighted by Gasteiger charge is -2.12. The Kier molecular flexibility index (Phi) is 6.25. The Morgan fingerprint density at radius 1 is 1.13 bits per heavy atom. The van der Waals surface area contributed by atoms with Gasteiger partial charge in [-0.25, -0.2) is 22.7 Å². The number of carbonyl (C=O) groups is 2. The molecule has 0 amide bonds. The quantitative estimate of drug-likeness (QED) is 0.505. The summed E-state index contributed by atoms with van der Waals surface area (Å²) in [5.41, 5.74) is 0.790. The summed E-state index contributed by atoms with van der Waals surface area (Å²) in [6, 6.07) is 11.3. The molecule has 0 radical (unpaired) electrons. The van der Waals surface area contributed by atoms with Crippen LogP contribution < -0.4 is 9.46 Å². The molecule has 0 spiro atoms. The number of nitrogens with one attached hydrogen (secondary N) is 1. The van der Waals surface area contributed by atoms with Crippen molar-refractivity contribution in [3.63, 3.8) is 0 Å². The maximum atomic E-state index is 12.8. The molecule has 0 atom stereocenters. The average molecular weight is 445 g/mol. The molecule has 162 valence electrons. The number of aromatic carboxylic acids is 1. The monoisotopic (exact) mass is 445 g/mol. The van der Waals surface area contributed by atoms with Crippen LogP contribution in [-0.2, 0) is 14.8 Å². The van der Waals surface area contributed by atoms with Crippen LogP contribution in [0.4, 0.5) is 5.69 Å². The van der Waals surface area contributed by atoms with Gasteiger partial charge in [-0.05, 0) is 55.5 Å². The zero-order valence-corrected chi connectivity index (χ0v) is 17.4. The molecule has 11 heteroatoms. The van der Waals surface area contributed by atoms with E-state index in [0.29, 0.717) is 5.69 Å². The van der Waals surface area contributed by atoms with Crippen molar-refractivity contribution in [1.82, 2.24) is 9.78 Å². The minimum absolute atomic E-state index is 0.0113. The number of carboxylic acids is 1. The van der Waals surface area contributed by atoms with Crippen molar-refractivity contribution in [1.29, 1.82) is 0 Å². The third-order valence-corrected chi connectivity index (χ3v) is 5.56. The second-order valence-electron chi connectivity index (χ2n) is 6.19. The van der Waals surface area contributed by atoms with Crippen molar-refractivity contribution < 1.29 is 32.6 Å². The van der Waals surface area contributed by atoms with Crippen LogP contribution in [0.15, 0.2) is 59.6 Å². The van der Waals surface area contributed by atoms with Gasteiger partial charge >= 0.3 is 11.9 Å². The largest absolute Gasteiger partial charge is 0.495 e. The Labute approximate surface area is 178 Å². The molecular formula is C20H19N3O7S. The molecule has 0 aliphatic carbocycles. The molecule has 0 aliphatic rings. The lowest BCUT2D eigenvalue weighted by molar-refractivity contribution is 0.0518. The topological polar surface area (TPSA) is 137 Å². The SMILES string of the molecule is CCOC(=O)c1ccn(-c2ccc(NS(=O)(=O)c3cc(C(=O)O)ccc3OC)cc2)n1. The normalized spacial score (nSPS) is 11.0. The van der Waals surface area contributed by atoms with Crippen molar-refractivity contribution in [2.24, 2.45) is 0 Å². The number of anilines is 1. The standard InChI is InChI=1S/C20H19N3O7S/c1-3-30-20(26)16-10-11-23(21-16)15-7-5-14(6-8-15)22-31(27,28)18-12-13(19(24)25)4-9-17(18)29-2/h4-12,22H,3H2,1-2H3,(H,24,25). The van der Waals surface area contributed by atoms with E-state index >= 15 is 0 Å². The smallest absolute Gasteiger partial charge is 0.358 e. The summed E-state index contributed by atoms with van der Waals surface area (Å²) in [7, 11) is -2.84. The molecule has 0 saturated carbocycles. The predicted molar refractivity (Wildman–Crippen MR) is 110 cm³/mol. The van der Waals surface area contributed by atoms with Crippen LogP contribution in [0.1, 0.15) is 27.8 Å². The van der Waals surface area contributed by atoms with E-state index in [0.717, 1.165) is 6.07 Å². The molecule has 0 fully saturated rings. The highest BCUT2D eigenvalue weighted by atomic mass is 32.2. The van der Waals surface area contributed by atoms with Crippen LogP contribution in [0.5, 0.6) is 5.75 Å². The number of benzene rings is 2. The van der Waals surface area contributed by atoms with Gasteiger partial charge < -0.3 is 14.6 Å². The number of sulfonamides is 1. The fourth-order valence-electron chi connectivity index (χ4n) is 2.69. The molecule has 0 bridgehead atoms. The molecule has 0 unspecified atom stereocenters. The lowest BCUT2D eigenvalue weighted by atomic mass is 10.2. The number of carboxylic acid groups (broad SMARTS) is 1. The van der Waals surface area contributed by atoms with Crippen molar-refractivity contribution in [3.8, 4) is 11.4 Å². The Hall–Kier alpha value is -3.86. The minimum atomic E-state index is -4.12. The van der Waals surface area contributed by atoms with Crippen molar-refractivity contribution in [2.45, 2.75) is 11.8 Å². The molecule has 10 nitrogen and oxygen atoms in total. The van der Waals surface area contributed by atoms with Gasteiger partial charge in [-0.15, -0.1) is 0 Å². The summed E-state index contributed by atoms with van der Waals surface area (Å²) in [6.45, 7) is 1.93. The summed E-state index contributed by atoms with van der Waals surface area (Å²) in [5, 5.41) is 13.3. The molecule has 3 rings (SSSR count). The zero-order valence-electron chi connectivity index (χ0n) is 16.6. The van der Waals surface area contributed by atoms with Crippen LogP contribution in [0.3, 0.4) is 0 Å². The van der Waals surface area contributed by atoms with Gasteiger partial charge in [0.2, 0.25) is 0 Å². The number of rotatable bonds is 8. The maximum Gasteiger partial charge on any atom is 0.358 e. The molecule has 0 saturated heterocycles. The van der Waals surface area contributed by atoms with Gasteiger partial charge in [0.15, 0.2) is 5.69 Å². The number of hydrogen-bond acceptors (Lipinski definition) is 7. The molecule has 2 N–H and O–H groups in total. The summed E-state index contributed by atoms with van der Waals surface area (Å²) in [6.07, 6.45) is 1.58. The highest BCUT2D eigenvalue weighted by Gasteiger charge is 2.22. The maximum absolute atomic E-state index is 12.8. The number of carbonyl (C=O) groups excluding carboxylic acids is 1. The summed E-state index contributed by atoms with van der Waals surface area (Å²) < 4.78 is 39.4. The highest BCUT2D eigenvalue weighted by Crippen LogP contribution is 2.27. The number of hydrogen-bond donors (Lipinski definition) is 2. The van der Waals surface area contributed by atoms with E-state index in [1.54, 1.807) is 25.3 Å². The molecular weight excluding hydrogens is 426 g/mol. The third kappa shape index (κ3) is 4.83. The number of aromatic nitrogens is 2. The van der Waals surface area contributed by atoms with Gasteiger partial charge in [0.05, 0.1) is 25.0 Å². The Balaban J connectivity index is 1.83. The van der Waals surface area contributed by atoms with Crippen molar-refractivity contribution in [2.75, 3.05) is 18.4 Å². The second-order valence-corrected chi connectivity index (χ2v) is 7.84. The first-order valence-electron chi connectivity index (χ1n) is 9.02. The van der Waals surface area contributed by atoms with Crippen LogP contribution in [0.25, 0.3) is 5.69 Å². The van der Waals surface area contributed by atoms with E-state index in [-0.39, 0.29) is 34.2 Å². The first-order valence-corrected chi connectivity index (χ1v) is 10.5. The molecule has 3 aromatic rings. The van der Waals surface area contributed by atoms with Crippen molar-refractivity contribution >= 4 is 27.6 Å². The van der Waals surface area contributed by atoms with Gasteiger partial charge in [-0.2, -0.15) is 5.10 Å². The van der Waals surface area contributed by atoms with E-state index < -0.39 is 22.0 Å². The zero-order chi connectivity index (χ0) is 22.6. The van der Waals surface area contributed by atoms with E-state index in [2.05, 4.69) is 9.82 Å². The van der Waals surface area contributed by atoms with Crippen LogP contribution in [0, 0.1) is 0 Å². The molecule has 31 heavy (non-hydrogen) atoms. The van der Waals surface area contributed by atoms with Crippen molar-refractivity contribution in [3.05, 3.63) is 66.0 Å². The van der Waals surface area contributed by atoms with E-state index in [1.165, 1.54) is 42.1 Å². The fraction of sp³-hybridized carbons (Fsp3) is 0.150. The minimum Gasteiger partial charge on any atom is -0.495 e. The number of nitrogens with zero attached hydrogens (tertiary/aromatic N) is 2. The Morgan fingerprint density at radius 3 is 2.45 bits per heavy atom. The van der Waals surface area contributed by atoms with Gasteiger partial charge in [0, 0.05) is 11.9 Å².